The first-order valence-electron chi connectivity index (χ1n) is 7.94. The van der Waals surface area contributed by atoms with Crippen LogP contribution in [0.1, 0.15) is 58.8 Å². The van der Waals surface area contributed by atoms with Gasteiger partial charge < -0.3 is 0 Å². The minimum Gasteiger partial charge on any atom is -0.299 e. The lowest BCUT2D eigenvalue weighted by Crippen LogP contribution is -2.44. The van der Waals surface area contributed by atoms with Crippen LogP contribution in [0, 0.1) is 11.8 Å². The van der Waals surface area contributed by atoms with Crippen LogP contribution in [0.15, 0.2) is 0 Å². The predicted octanol–water partition coefficient (Wildman–Crippen LogP) is 2.59. The van der Waals surface area contributed by atoms with E-state index < -0.39 is 10.0 Å². The van der Waals surface area contributed by atoms with Crippen LogP contribution in [-0.2, 0) is 14.8 Å². The Morgan fingerprint density at radius 3 is 2.60 bits per heavy atom. The van der Waals surface area contributed by atoms with Crippen LogP contribution >= 0.6 is 0 Å². The Morgan fingerprint density at radius 1 is 1.20 bits per heavy atom. The van der Waals surface area contributed by atoms with Gasteiger partial charge in [-0.15, -0.1) is 0 Å². The van der Waals surface area contributed by atoms with Gasteiger partial charge in [0.05, 0.1) is 5.75 Å². The Balaban J connectivity index is 2.08. The maximum absolute atomic E-state index is 12.5. The molecule has 0 amide bonds. The van der Waals surface area contributed by atoms with Gasteiger partial charge >= 0.3 is 0 Å². The van der Waals surface area contributed by atoms with E-state index in [1.807, 2.05) is 13.8 Å². The molecular formula is C15H27NO3S. The molecule has 2 unspecified atom stereocenters. The Morgan fingerprint density at radius 2 is 1.95 bits per heavy atom. The fourth-order valence-corrected chi connectivity index (χ4v) is 5.51. The first kappa shape index (κ1) is 16.0. The summed E-state index contributed by atoms with van der Waals surface area (Å²) in [6.45, 7) is 4.69. The highest BCUT2D eigenvalue weighted by Crippen LogP contribution is 2.34. The summed E-state index contributed by atoms with van der Waals surface area (Å²) in [6, 6.07) is -0.0556. The Hall–Kier alpha value is -0.420. The molecule has 1 aliphatic carbocycles. The van der Waals surface area contributed by atoms with E-state index in [-0.39, 0.29) is 23.5 Å². The van der Waals surface area contributed by atoms with Gasteiger partial charge in [0.15, 0.2) is 0 Å². The number of sulfonamides is 1. The number of nitrogens with zero attached hydrogens (tertiary/aromatic N) is 1. The first-order valence-corrected chi connectivity index (χ1v) is 9.55. The molecule has 0 radical (unpaired) electrons. The zero-order valence-corrected chi connectivity index (χ0v) is 13.5. The van der Waals surface area contributed by atoms with Gasteiger partial charge in [-0.2, -0.15) is 4.31 Å². The molecule has 1 saturated heterocycles. The van der Waals surface area contributed by atoms with E-state index in [0.29, 0.717) is 25.3 Å². The minimum absolute atomic E-state index is 0.0416. The SMILES string of the molecule is CC(C)CCS(=O)(=O)N1CCCC1C1CCCCC1=O. The van der Waals surface area contributed by atoms with Gasteiger partial charge in [0.25, 0.3) is 0 Å². The van der Waals surface area contributed by atoms with E-state index in [2.05, 4.69) is 0 Å². The first-order chi connectivity index (χ1) is 9.42. The van der Waals surface area contributed by atoms with E-state index in [1.54, 1.807) is 4.31 Å². The maximum Gasteiger partial charge on any atom is 0.214 e. The van der Waals surface area contributed by atoms with Crippen LogP contribution in [0.4, 0.5) is 0 Å². The molecule has 1 heterocycles. The molecule has 1 saturated carbocycles. The van der Waals surface area contributed by atoms with Gasteiger partial charge in [-0.05, 0) is 38.0 Å². The number of Topliss-reactive ketones (excluding diaryl/α,β-unsaturated/α-hetero) is 1. The van der Waals surface area contributed by atoms with Crippen molar-refractivity contribution >= 4 is 15.8 Å². The van der Waals surface area contributed by atoms with Crippen molar-refractivity contribution in [3.8, 4) is 0 Å². The highest BCUT2D eigenvalue weighted by molar-refractivity contribution is 7.89. The van der Waals surface area contributed by atoms with Crippen LogP contribution < -0.4 is 0 Å². The molecule has 0 aromatic heterocycles. The summed E-state index contributed by atoms with van der Waals surface area (Å²) in [5.74, 6) is 0.858. The molecule has 5 heteroatoms. The molecule has 0 aromatic rings. The van der Waals surface area contributed by atoms with Crippen molar-refractivity contribution in [2.75, 3.05) is 12.3 Å². The van der Waals surface area contributed by atoms with Gasteiger partial charge in [0, 0.05) is 24.9 Å². The van der Waals surface area contributed by atoms with E-state index in [9.17, 15) is 13.2 Å². The summed E-state index contributed by atoms with van der Waals surface area (Å²) in [5, 5.41) is 0. The van der Waals surface area contributed by atoms with Crippen LogP contribution in [-0.4, -0.2) is 36.8 Å². The highest BCUT2D eigenvalue weighted by Gasteiger charge is 2.41. The number of hydrogen-bond donors (Lipinski definition) is 0. The zero-order valence-electron chi connectivity index (χ0n) is 12.7. The second kappa shape index (κ2) is 6.56. The number of hydrogen-bond acceptors (Lipinski definition) is 3. The highest BCUT2D eigenvalue weighted by atomic mass is 32.2. The average molecular weight is 301 g/mol. The molecular weight excluding hydrogens is 274 g/mol. The summed E-state index contributed by atoms with van der Waals surface area (Å²) in [7, 11) is -3.20. The second-order valence-electron chi connectivity index (χ2n) is 6.64. The second-order valence-corrected chi connectivity index (χ2v) is 8.68. The molecule has 2 fully saturated rings. The molecule has 2 aliphatic rings. The Kier molecular flexibility index (Phi) is 5.24. The molecule has 2 atom stereocenters. The number of carbonyl (C=O) groups excluding carboxylic acids is 1. The fraction of sp³-hybridized carbons (Fsp3) is 0.933. The number of rotatable bonds is 5. The van der Waals surface area contributed by atoms with Gasteiger partial charge in [0.1, 0.15) is 5.78 Å². The molecule has 4 nitrogen and oxygen atoms in total. The van der Waals surface area contributed by atoms with Crippen LogP contribution in [0.25, 0.3) is 0 Å². The third-order valence-corrected chi connectivity index (χ3v) is 6.54. The van der Waals surface area contributed by atoms with E-state index >= 15 is 0 Å². The van der Waals surface area contributed by atoms with Crippen molar-refractivity contribution < 1.29 is 13.2 Å². The van der Waals surface area contributed by atoms with E-state index in [1.165, 1.54) is 0 Å². The third-order valence-electron chi connectivity index (χ3n) is 4.63. The van der Waals surface area contributed by atoms with Gasteiger partial charge in [-0.3, -0.25) is 4.79 Å². The van der Waals surface area contributed by atoms with Crippen LogP contribution in [0.5, 0.6) is 0 Å². The van der Waals surface area contributed by atoms with Gasteiger partial charge in [-0.1, -0.05) is 20.3 Å². The number of ketones is 1. The van der Waals surface area contributed by atoms with Gasteiger partial charge in [-0.25, -0.2) is 8.42 Å². The smallest absolute Gasteiger partial charge is 0.214 e. The number of carbonyl (C=O) groups is 1. The molecule has 0 aromatic carbocycles. The fourth-order valence-electron chi connectivity index (χ4n) is 3.43. The predicted molar refractivity (Wildman–Crippen MR) is 79.9 cm³/mol. The normalized spacial score (nSPS) is 29.2. The van der Waals surface area contributed by atoms with Gasteiger partial charge in [0.2, 0.25) is 10.0 Å². The summed E-state index contributed by atoms with van der Waals surface area (Å²) < 4.78 is 26.7. The lowest BCUT2D eigenvalue weighted by Gasteiger charge is -2.32. The topological polar surface area (TPSA) is 54.5 Å². The van der Waals surface area contributed by atoms with E-state index in [4.69, 9.17) is 0 Å². The molecule has 20 heavy (non-hydrogen) atoms. The van der Waals surface area contributed by atoms with Crippen molar-refractivity contribution in [1.82, 2.24) is 4.31 Å². The summed E-state index contributed by atoms with van der Waals surface area (Å²) in [5.41, 5.74) is 0. The van der Waals surface area contributed by atoms with E-state index in [0.717, 1.165) is 32.1 Å². The van der Waals surface area contributed by atoms with Crippen molar-refractivity contribution in [3.05, 3.63) is 0 Å². The molecule has 0 N–H and O–H groups in total. The lowest BCUT2D eigenvalue weighted by atomic mass is 9.82. The molecule has 116 valence electrons. The van der Waals surface area contributed by atoms with Crippen molar-refractivity contribution in [2.45, 2.75) is 64.8 Å². The lowest BCUT2D eigenvalue weighted by molar-refractivity contribution is -0.126. The monoisotopic (exact) mass is 301 g/mol. The summed E-state index contributed by atoms with van der Waals surface area (Å²) in [6.07, 6.45) is 6.01. The standard InChI is InChI=1S/C15H27NO3S/c1-12(2)9-11-20(18,19)16-10-5-7-14(16)13-6-3-4-8-15(13)17/h12-14H,3-11H2,1-2H3. The van der Waals surface area contributed by atoms with Crippen molar-refractivity contribution in [1.29, 1.82) is 0 Å². The van der Waals surface area contributed by atoms with Crippen LogP contribution in [0.2, 0.25) is 0 Å². The van der Waals surface area contributed by atoms with Crippen LogP contribution in [0.3, 0.4) is 0 Å². The summed E-state index contributed by atoms with van der Waals surface area (Å²) >= 11 is 0. The Labute approximate surface area is 123 Å². The largest absolute Gasteiger partial charge is 0.299 e. The maximum atomic E-state index is 12.5. The Bertz CT molecular complexity index is 444. The molecule has 0 bridgehead atoms. The minimum atomic E-state index is -3.20. The zero-order chi connectivity index (χ0) is 14.8. The third kappa shape index (κ3) is 3.61. The summed E-state index contributed by atoms with van der Waals surface area (Å²) in [4.78, 5) is 12.1. The average Bonchev–Trinajstić information content (AvgIpc) is 2.87. The van der Waals surface area contributed by atoms with Crippen molar-refractivity contribution in [3.63, 3.8) is 0 Å². The van der Waals surface area contributed by atoms with Crippen molar-refractivity contribution in [2.24, 2.45) is 11.8 Å². The molecule has 1 aliphatic heterocycles. The quantitative estimate of drug-likeness (QED) is 0.784. The molecule has 2 rings (SSSR count). The molecule has 0 spiro atoms.